The van der Waals surface area contributed by atoms with Crippen molar-refractivity contribution in [3.05, 3.63) is 82.3 Å². The number of pyridine rings is 1. The second-order valence-corrected chi connectivity index (χ2v) is 8.67. The van der Waals surface area contributed by atoms with E-state index in [1.54, 1.807) is 13.0 Å². The number of aromatic nitrogens is 3. The first-order chi connectivity index (χ1) is 16.2. The lowest BCUT2D eigenvalue weighted by Gasteiger charge is -2.21. The molecule has 4 rings (SSSR count). The van der Waals surface area contributed by atoms with Crippen molar-refractivity contribution >= 4 is 22.5 Å². The number of ether oxygens (including phenoxy) is 1. The van der Waals surface area contributed by atoms with Gasteiger partial charge >= 0.3 is 0 Å². The van der Waals surface area contributed by atoms with E-state index in [4.69, 9.17) is 16.3 Å². The fourth-order valence-corrected chi connectivity index (χ4v) is 4.10. The molecule has 6 nitrogen and oxygen atoms in total. The first-order valence-electron chi connectivity index (χ1n) is 10.9. The fourth-order valence-electron chi connectivity index (χ4n) is 3.84. The lowest BCUT2D eigenvalue weighted by Crippen LogP contribution is -2.28. The average Bonchev–Trinajstić information content (AvgIpc) is 3.22. The van der Waals surface area contributed by atoms with Gasteiger partial charge in [0.2, 0.25) is 0 Å². The van der Waals surface area contributed by atoms with E-state index in [1.165, 1.54) is 23.0 Å². The SMILES string of the molecule is Cc1cc(-n2cc(F)cn2)c2cccc(OCc3c(Cl)cc(F)cc3C(C)NCC(C)O)c2n1. The van der Waals surface area contributed by atoms with Crippen molar-refractivity contribution < 1.29 is 18.6 Å². The van der Waals surface area contributed by atoms with E-state index in [-0.39, 0.29) is 17.7 Å². The van der Waals surface area contributed by atoms with Crippen LogP contribution in [-0.2, 0) is 6.61 Å². The zero-order chi connectivity index (χ0) is 24.4. The minimum Gasteiger partial charge on any atom is -0.487 e. The zero-order valence-corrected chi connectivity index (χ0v) is 19.8. The maximum Gasteiger partial charge on any atom is 0.161 e. The minimum absolute atomic E-state index is 0.0790. The van der Waals surface area contributed by atoms with Crippen LogP contribution in [0.3, 0.4) is 0 Å². The number of hydrogen-bond acceptors (Lipinski definition) is 5. The summed E-state index contributed by atoms with van der Waals surface area (Å²) in [6.45, 7) is 5.80. The summed E-state index contributed by atoms with van der Waals surface area (Å²) in [5.41, 5.74) is 3.25. The van der Waals surface area contributed by atoms with Crippen LogP contribution in [0.1, 0.15) is 36.7 Å². The van der Waals surface area contributed by atoms with Gasteiger partial charge in [-0.05, 0) is 50.6 Å². The van der Waals surface area contributed by atoms with Crippen LogP contribution in [0, 0.1) is 18.6 Å². The van der Waals surface area contributed by atoms with Gasteiger partial charge in [-0.1, -0.05) is 23.7 Å². The van der Waals surface area contributed by atoms with Gasteiger partial charge in [-0.2, -0.15) is 5.10 Å². The molecule has 0 aliphatic heterocycles. The number of aryl methyl sites for hydroxylation is 1. The Morgan fingerprint density at radius 1 is 1.18 bits per heavy atom. The van der Waals surface area contributed by atoms with E-state index >= 15 is 0 Å². The lowest BCUT2D eigenvalue weighted by atomic mass is 10.0. The summed E-state index contributed by atoms with van der Waals surface area (Å²) in [6, 6.07) is 9.69. The van der Waals surface area contributed by atoms with Crippen LogP contribution in [0.5, 0.6) is 5.75 Å². The molecule has 2 N–H and O–H groups in total. The number of hydrogen-bond donors (Lipinski definition) is 2. The highest BCUT2D eigenvalue weighted by atomic mass is 35.5. The fraction of sp³-hybridized carbons (Fsp3) is 0.280. The molecule has 9 heteroatoms. The van der Waals surface area contributed by atoms with E-state index in [0.717, 1.165) is 11.6 Å². The molecule has 0 fully saturated rings. The number of aliphatic hydroxyl groups is 1. The van der Waals surface area contributed by atoms with Crippen LogP contribution < -0.4 is 10.1 Å². The number of nitrogens with zero attached hydrogens (tertiary/aromatic N) is 3. The van der Waals surface area contributed by atoms with Crippen molar-refractivity contribution in [1.29, 1.82) is 0 Å². The molecule has 0 aliphatic carbocycles. The molecule has 0 radical (unpaired) electrons. The monoisotopic (exact) mass is 486 g/mol. The first kappa shape index (κ1) is 24.1. The number of fused-ring (bicyclic) bond motifs is 1. The molecule has 0 bridgehead atoms. The van der Waals surface area contributed by atoms with Gasteiger partial charge in [-0.25, -0.2) is 18.4 Å². The molecule has 0 saturated heterocycles. The minimum atomic E-state index is -0.548. The molecule has 2 unspecified atom stereocenters. The van der Waals surface area contributed by atoms with Crippen molar-refractivity contribution in [2.75, 3.05) is 6.54 Å². The first-order valence-corrected chi connectivity index (χ1v) is 11.2. The highest BCUT2D eigenvalue weighted by Gasteiger charge is 2.18. The number of benzene rings is 2. The maximum absolute atomic E-state index is 14.1. The Balaban J connectivity index is 1.69. The Labute approximate surface area is 201 Å². The molecule has 2 aromatic heterocycles. The van der Waals surface area contributed by atoms with Crippen LogP contribution in [0.25, 0.3) is 16.6 Å². The molecule has 34 heavy (non-hydrogen) atoms. The standard InChI is InChI=1S/C25H25ClF2N4O2/c1-14-7-23(32-12-18(28)11-30-32)19-5-4-6-24(25(19)31-14)34-13-21-20(8-17(27)9-22(21)26)16(3)29-10-15(2)33/h4-9,11-12,15-16,29,33H,10,13H2,1-3H3. The Hall–Kier alpha value is -3.07. The predicted octanol–water partition coefficient (Wildman–Crippen LogP) is 5.27. The smallest absolute Gasteiger partial charge is 0.161 e. The molecule has 178 valence electrons. The summed E-state index contributed by atoms with van der Waals surface area (Å²) in [5, 5.41) is 17.8. The third-order valence-electron chi connectivity index (χ3n) is 5.46. The lowest BCUT2D eigenvalue weighted by molar-refractivity contribution is 0.187. The predicted molar refractivity (Wildman–Crippen MR) is 127 cm³/mol. The Morgan fingerprint density at radius 3 is 2.68 bits per heavy atom. The molecule has 0 aliphatic rings. The summed E-state index contributed by atoms with van der Waals surface area (Å²) in [5.74, 6) is -0.383. The van der Waals surface area contributed by atoms with Crippen molar-refractivity contribution in [3.8, 4) is 11.4 Å². The molecule has 0 amide bonds. The Morgan fingerprint density at radius 2 is 1.97 bits per heavy atom. The van der Waals surface area contributed by atoms with Crippen LogP contribution >= 0.6 is 11.6 Å². The molecule has 0 spiro atoms. The average molecular weight is 487 g/mol. The van der Waals surface area contributed by atoms with E-state index in [2.05, 4.69) is 15.4 Å². The maximum atomic E-state index is 14.1. The summed E-state index contributed by atoms with van der Waals surface area (Å²) < 4.78 is 35.3. The Bertz CT molecular complexity index is 1330. The molecule has 4 aromatic rings. The van der Waals surface area contributed by atoms with Crippen molar-refractivity contribution in [2.24, 2.45) is 0 Å². The third kappa shape index (κ3) is 5.19. The van der Waals surface area contributed by atoms with Gasteiger partial charge in [0, 0.05) is 29.2 Å². The van der Waals surface area contributed by atoms with Crippen LogP contribution in [0.15, 0.2) is 48.8 Å². The molecular weight excluding hydrogens is 462 g/mol. The number of para-hydroxylation sites is 1. The van der Waals surface area contributed by atoms with Gasteiger partial charge in [-0.15, -0.1) is 0 Å². The van der Waals surface area contributed by atoms with Gasteiger partial charge < -0.3 is 15.2 Å². The summed E-state index contributed by atoms with van der Waals surface area (Å²) in [7, 11) is 0. The highest BCUT2D eigenvalue weighted by Crippen LogP contribution is 2.32. The van der Waals surface area contributed by atoms with Gasteiger partial charge in [-0.3, -0.25) is 0 Å². The largest absolute Gasteiger partial charge is 0.487 e. The Kier molecular flexibility index (Phi) is 7.11. The number of aliphatic hydroxyl groups excluding tert-OH is 1. The molecule has 2 aromatic carbocycles. The van der Waals surface area contributed by atoms with Gasteiger partial charge in [0.05, 0.1) is 29.2 Å². The second kappa shape index (κ2) is 10.0. The van der Waals surface area contributed by atoms with Crippen LogP contribution in [-0.4, -0.2) is 32.5 Å². The highest BCUT2D eigenvalue weighted by molar-refractivity contribution is 6.31. The van der Waals surface area contributed by atoms with Crippen molar-refractivity contribution in [1.82, 2.24) is 20.1 Å². The summed E-state index contributed by atoms with van der Waals surface area (Å²) in [4.78, 5) is 4.63. The zero-order valence-electron chi connectivity index (χ0n) is 19.0. The number of halogens is 3. The second-order valence-electron chi connectivity index (χ2n) is 8.26. The number of rotatable bonds is 8. The summed E-state index contributed by atoms with van der Waals surface area (Å²) >= 11 is 6.40. The van der Waals surface area contributed by atoms with Gasteiger partial charge in [0.25, 0.3) is 0 Å². The normalized spacial score (nSPS) is 13.3. The van der Waals surface area contributed by atoms with Gasteiger partial charge in [0.15, 0.2) is 5.82 Å². The molecule has 2 heterocycles. The van der Waals surface area contributed by atoms with E-state index < -0.39 is 17.7 Å². The van der Waals surface area contributed by atoms with Gasteiger partial charge in [0.1, 0.15) is 23.7 Å². The topological polar surface area (TPSA) is 72.2 Å². The molecule has 2 atom stereocenters. The van der Waals surface area contributed by atoms with E-state index in [0.29, 0.717) is 40.3 Å². The van der Waals surface area contributed by atoms with E-state index in [9.17, 15) is 13.9 Å². The third-order valence-corrected chi connectivity index (χ3v) is 5.80. The summed E-state index contributed by atoms with van der Waals surface area (Å²) in [6.07, 6.45) is 1.90. The van der Waals surface area contributed by atoms with Crippen molar-refractivity contribution in [2.45, 2.75) is 39.5 Å². The molecular formula is C25H25ClF2N4O2. The van der Waals surface area contributed by atoms with E-state index in [1.807, 2.05) is 32.0 Å². The molecule has 0 saturated carbocycles. The van der Waals surface area contributed by atoms with Crippen LogP contribution in [0.4, 0.5) is 8.78 Å². The van der Waals surface area contributed by atoms with Crippen LogP contribution in [0.2, 0.25) is 5.02 Å². The number of nitrogens with one attached hydrogen (secondary N) is 1. The van der Waals surface area contributed by atoms with Crippen molar-refractivity contribution in [3.63, 3.8) is 0 Å². The quantitative estimate of drug-likeness (QED) is 0.355.